The van der Waals surface area contributed by atoms with Crippen molar-refractivity contribution in [1.29, 1.82) is 0 Å². The molecule has 0 spiro atoms. The molecular formula is C22H29FN2O2. The third-order valence-electron chi connectivity index (χ3n) is 5.10. The van der Waals surface area contributed by atoms with Crippen molar-refractivity contribution < 1.29 is 13.9 Å². The average molecular weight is 372 g/mol. The summed E-state index contributed by atoms with van der Waals surface area (Å²) in [4.78, 5) is 4.90. The van der Waals surface area contributed by atoms with Gasteiger partial charge in [-0.1, -0.05) is 24.3 Å². The molecule has 0 N–H and O–H groups in total. The van der Waals surface area contributed by atoms with Gasteiger partial charge in [0.15, 0.2) is 11.5 Å². The Morgan fingerprint density at radius 1 is 1.00 bits per heavy atom. The van der Waals surface area contributed by atoms with E-state index in [2.05, 4.69) is 22.9 Å². The lowest BCUT2D eigenvalue weighted by Gasteiger charge is -2.32. The van der Waals surface area contributed by atoms with Gasteiger partial charge in [0.2, 0.25) is 0 Å². The van der Waals surface area contributed by atoms with E-state index < -0.39 is 0 Å². The molecule has 0 amide bonds. The van der Waals surface area contributed by atoms with Crippen molar-refractivity contribution in [2.24, 2.45) is 0 Å². The maximum atomic E-state index is 13.8. The van der Waals surface area contributed by atoms with E-state index in [1.165, 1.54) is 11.6 Å². The van der Waals surface area contributed by atoms with Crippen LogP contribution in [0.3, 0.4) is 0 Å². The van der Waals surface area contributed by atoms with E-state index in [1.54, 1.807) is 19.2 Å². The molecule has 27 heavy (non-hydrogen) atoms. The molecular weight excluding hydrogens is 343 g/mol. The number of piperazine rings is 1. The number of methoxy groups -OCH3 is 1. The van der Waals surface area contributed by atoms with E-state index in [4.69, 9.17) is 9.47 Å². The molecule has 2 aromatic rings. The van der Waals surface area contributed by atoms with Gasteiger partial charge in [-0.25, -0.2) is 4.39 Å². The Labute approximate surface area is 161 Å². The van der Waals surface area contributed by atoms with Gasteiger partial charge in [-0.3, -0.25) is 0 Å². The summed E-state index contributed by atoms with van der Waals surface area (Å²) in [5.74, 6) is 1.09. The second-order valence-electron chi connectivity index (χ2n) is 7.11. The molecule has 0 aliphatic carbocycles. The normalized spacial score (nSPS) is 15.7. The molecule has 0 atom stereocenters. The Bertz CT molecular complexity index is 730. The average Bonchev–Trinajstić information content (AvgIpc) is 2.69. The minimum absolute atomic E-state index is 0.188. The van der Waals surface area contributed by atoms with Crippen molar-refractivity contribution in [1.82, 2.24) is 9.80 Å². The SMILES string of the molecule is COc1ccc(CCCN2CCN(C)CC2)cc1OCc1ccccc1F. The van der Waals surface area contributed by atoms with E-state index in [-0.39, 0.29) is 12.4 Å². The van der Waals surface area contributed by atoms with E-state index in [9.17, 15) is 4.39 Å². The van der Waals surface area contributed by atoms with E-state index >= 15 is 0 Å². The Kier molecular flexibility index (Phi) is 7.07. The summed E-state index contributed by atoms with van der Waals surface area (Å²) < 4.78 is 25.1. The van der Waals surface area contributed by atoms with Crippen molar-refractivity contribution in [3.63, 3.8) is 0 Å². The molecule has 0 radical (unpaired) electrons. The van der Waals surface area contributed by atoms with Gasteiger partial charge < -0.3 is 19.3 Å². The quantitative estimate of drug-likeness (QED) is 0.707. The number of hydrogen-bond acceptors (Lipinski definition) is 4. The van der Waals surface area contributed by atoms with Gasteiger partial charge >= 0.3 is 0 Å². The molecule has 1 aliphatic rings. The highest BCUT2D eigenvalue weighted by atomic mass is 19.1. The second-order valence-corrected chi connectivity index (χ2v) is 7.11. The molecule has 0 aromatic heterocycles. The van der Waals surface area contributed by atoms with Crippen LogP contribution in [0.2, 0.25) is 0 Å². The molecule has 0 saturated carbocycles. The van der Waals surface area contributed by atoms with Crippen LogP contribution in [0.4, 0.5) is 4.39 Å². The summed E-state index contributed by atoms with van der Waals surface area (Å²) in [5.41, 5.74) is 1.76. The van der Waals surface area contributed by atoms with Crippen LogP contribution in [0, 0.1) is 5.82 Å². The number of nitrogens with zero attached hydrogens (tertiary/aromatic N) is 2. The Morgan fingerprint density at radius 3 is 2.52 bits per heavy atom. The largest absolute Gasteiger partial charge is 0.493 e. The number of hydrogen-bond donors (Lipinski definition) is 0. The maximum Gasteiger partial charge on any atom is 0.161 e. The fraction of sp³-hybridized carbons (Fsp3) is 0.455. The molecule has 2 aromatic carbocycles. The first-order chi connectivity index (χ1) is 13.2. The van der Waals surface area contributed by atoms with E-state index in [1.807, 2.05) is 18.2 Å². The van der Waals surface area contributed by atoms with Gasteiger partial charge in [-0.15, -0.1) is 0 Å². The summed E-state index contributed by atoms with van der Waals surface area (Å²) in [6.07, 6.45) is 2.11. The number of benzene rings is 2. The molecule has 1 saturated heterocycles. The molecule has 1 fully saturated rings. The van der Waals surface area contributed by atoms with Crippen molar-refractivity contribution in [2.45, 2.75) is 19.4 Å². The molecule has 4 nitrogen and oxygen atoms in total. The number of likely N-dealkylation sites (N-methyl/N-ethyl adjacent to an activating group) is 1. The first-order valence-electron chi connectivity index (χ1n) is 9.59. The highest BCUT2D eigenvalue weighted by Gasteiger charge is 2.13. The fourth-order valence-corrected chi connectivity index (χ4v) is 3.34. The zero-order valence-corrected chi connectivity index (χ0v) is 16.3. The molecule has 3 rings (SSSR count). The lowest BCUT2D eigenvalue weighted by molar-refractivity contribution is 0.153. The first kappa shape index (κ1) is 19.6. The minimum Gasteiger partial charge on any atom is -0.493 e. The topological polar surface area (TPSA) is 24.9 Å². The number of aryl methyl sites for hydroxylation is 1. The van der Waals surface area contributed by atoms with Crippen LogP contribution in [0.5, 0.6) is 11.5 Å². The summed E-state index contributed by atoms with van der Waals surface area (Å²) in [5, 5.41) is 0. The Morgan fingerprint density at radius 2 is 1.78 bits per heavy atom. The zero-order valence-electron chi connectivity index (χ0n) is 16.3. The van der Waals surface area contributed by atoms with Crippen molar-refractivity contribution in [2.75, 3.05) is 46.9 Å². The minimum atomic E-state index is -0.250. The number of rotatable bonds is 8. The van der Waals surface area contributed by atoms with Crippen LogP contribution in [0.15, 0.2) is 42.5 Å². The van der Waals surface area contributed by atoms with Crippen LogP contribution in [0.1, 0.15) is 17.5 Å². The lowest BCUT2D eigenvalue weighted by Crippen LogP contribution is -2.44. The van der Waals surface area contributed by atoms with Gasteiger partial charge in [0.25, 0.3) is 0 Å². The molecule has 0 unspecified atom stereocenters. The van der Waals surface area contributed by atoms with Gasteiger partial charge in [0.1, 0.15) is 12.4 Å². The molecule has 146 valence electrons. The van der Waals surface area contributed by atoms with Crippen molar-refractivity contribution >= 4 is 0 Å². The van der Waals surface area contributed by atoms with Crippen LogP contribution < -0.4 is 9.47 Å². The van der Waals surface area contributed by atoms with E-state index in [0.29, 0.717) is 17.1 Å². The Hall–Kier alpha value is -2.11. The zero-order chi connectivity index (χ0) is 19.1. The highest BCUT2D eigenvalue weighted by Crippen LogP contribution is 2.29. The first-order valence-corrected chi connectivity index (χ1v) is 9.59. The van der Waals surface area contributed by atoms with Gasteiger partial charge in [-0.05, 0) is 50.2 Å². The molecule has 0 bridgehead atoms. The summed E-state index contributed by atoms with van der Waals surface area (Å²) in [6.45, 7) is 5.90. The van der Waals surface area contributed by atoms with Gasteiger partial charge in [0.05, 0.1) is 7.11 Å². The second kappa shape index (κ2) is 9.72. The molecule has 1 aliphatic heterocycles. The van der Waals surface area contributed by atoms with Gasteiger partial charge in [-0.2, -0.15) is 0 Å². The highest BCUT2D eigenvalue weighted by molar-refractivity contribution is 5.43. The fourth-order valence-electron chi connectivity index (χ4n) is 3.34. The third kappa shape index (κ3) is 5.68. The predicted octanol–water partition coefficient (Wildman–Crippen LogP) is 3.59. The number of ether oxygens (including phenoxy) is 2. The van der Waals surface area contributed by atoms with E-state index in [0.717, 1.165) is 45.6 Å². The summed E-state index contributed by atoms with van der Waals surface area (Å²) in [7, 11) is 3.80. The van der Waals surface area contributed by atoms with Gasteiger partial charge in [0, 0.05) is 31.7 Å². The van der Waals surface area contributed by atoms with Crippen molar-refractivity contribution in [3.8, 4) is 11.5 Å². The lowest BCUT2D eigenvalue weighted by atomic mass is 10.1. The Balaban J connectivity index is 1.55. The summed E-state index contributed by atoms with van der Waals surface area (Å²) >= 11 is 0. The van der Waals surface area contributed by atoms with Crippen LogP contribution in [0.25, 0.3) is 0 Å². The monoisotopic (exact) mass is 372 g/mol. The molecule has 1 heterocycles. The number of halogens is 1. The standard InChI is InChI=1S/C22H29FN2O2/c1-24-12-14-25(15-13-24)11-5-6-18-9-10-21(26-2)22(16-18)27-17-19-7-3-4-8-20(19)23/h3-4,7-10,16H,5-6,11-15,17H2,1-2H3. The summed E-state index contributed by atoms with van der Waals surface area (Å²) in [6, 6.07) is 12.7. The predicted molar refractivity (Wildman–Crippen MR) is 106 cm³/mol. The third-order valence-corrected chi connectivity index (χ3v) is 5.10. The van der Waals surface area contributed by atoms with Crippen LogP contribution in [-0.2, 0) is 13.0 Å². The van der Waals surface area contributed by atoms with Crippen LogP contribution in [-0.4, -0.2) is 56.7 Å². The maximum absolute atomic E-state index is 13.8. The molecule has 5 heteroatoms. The smallest absolute Gasteiger partial charge is 0.161 e. The van der Waals surface area contributed by atoms with Crippen molar-refractivity contribution in [3.05, 3.63) is 59.4 Å². The van der Waals surface area contributed by atoms with Crippen LogP contribution >= 0.6 is 0 Å².